The molecule has 7 heteroatoms. The lowest BCUT2D eigenvalue weighted by molar-refractivity contribution is -0.140. The number of carboxylic acids is 1. The van der Waals surface area contributed by atoms with E-state index in [0.29, 0.717) is 5.56 Å². The maximum Gasteiger partial charge on any atom is 0.311 e. The van der Waals surface area contributed by atoms with Crippen LogP contribution in [0.3, 0.4) is 0 Å². The standard InChI is InChI=1S/C17H15FN2O4/c18-11-6-7-14(13(8-11)16(19)22)20-15(21)9-12(17(23)24)10-4-2-1-3-5-10/h1-8,12H,9H2,(H2,19,22)(H,20,21)(H,23,24). The largest absolute Gasteiger partial charge is 0.481 e. The van der Waals surface area contributed by atoms with E-state index in [1.807, 2.05) is 0 Å². The summed E-state index contributed by atoms with van der Waals surface area (Å²) in [6.07, 6.45) is -0.338. The zero-order chi connectivity index (χ0) is 17.7. The molecule has 0 aromatic heterocycles. The van der Waals surface area contributed by atoms with Crippen LogP contribution in [0.15, 0.2) is 48.5 Å². The number of nitrogens with two attached hydrogens (primary N) is 1. The van der Waals surface area contributed by atoms with Crippen LogP contribution in [-0.4, -0.2) is 22.9 Å². The molecule has 1 unspecified atom stereocenters. The SMILES string of the molecule is NC(=O)c1cc(F)ccc1NC(=O)CC(C(=O)O)c1ccccc1. The molecule has 2 amide bonds. The minimum Gasteiger partial charge on any atom is -0.481 e. The maximum absolute atomic E-state index is 13.2. The van der Waals surface area contributed by atoms with E-state index in [0.717, 1.165) is 12.1 Å². The summed E-state index contributed by atoms with van der Waals surface area (Å²) in [4.78, 5) is 34.9. The Bertz CT molecular complexity index is 777. The second-order valence-electron chi connectivity index (χ2n) is 5.11. The van der Waals surface area contributed by atoms with Gasteiger partial charge in [0.05, 0.1) is 17.2 Å². The van der Waals surface area contributed by atoms with E-state index in [-0.39, 0.29) is 17.7 Å². The lowest BCUT2D eigenvalue weighted by atomic mass is 9.95. The predicted molar refractivity (Wildman–Crippen MR) is 85.0 cm³/mol. The fourth-order valence-corrected chi connectivity index (χ4v) is 2.25. The van der Waals surface area contributed by atoms with Crippen molar-refractivity contribution >= 4 is 23.5 Å². The Morgan fingerprint density at radius 2 is 1.79 bits per heavy atom. The molecular weight excluding hydrogens is 315 g/mol. The number of hydrogen-bond donors (Lipinski definition) is 3. The Morgan fingerprint density at radius 3 is 2.38 bits per heavy atom. The van der Waals surface area contributed by atoms with Crippen LogP contribution >= 0.6 is 0 Å². The van der Waals surface area contributed by atoms with Crippen molar-refractivity contribution in [3.8, 4) is 0 Å². The van der Waals surface area contributed by atoms with Crippen LogP contribution in [0.5, 0.6) is 0 Å². The van der Waals surface area contributed by atoms with E-state index in [1.165, 1.54) is 6.07 Å². The summed E-state index contributed by atoms with van der Waals surface area (Å²) in [7, 11) is 0. The summed E-state index contributed by atoms with van der Waals surface area (Å²) in [5.74, 6) is -4.38. The molecule has 1 atom stereocenters. The number of amides is 2. The predicted octanol–water partition coefficient (Wildman–Crippen LogP) is 2.12. The number of nitrogens with one attached hydrogen (secondary N) is 1. The summed E-state index contributed by atoms with van der Waals surface area (Å²) in [6.45, 7) is 0. The molecule has 0 saturated heterocycles. The molecule has 0 aliphatic rings. The summed E-state index contributed by atoms with van der Waals surface area (Å²) < 4.78 is 13.2. The molecule has 0 radical (unpaired) electrons. The zero-order valence-electron chi connectivity index (χ0n) is 12.5. The highest BCUT2D eigenvalue weighted by atomic mass is 19.1. The van der Waals surface area contributed by atoms with Crippen molar-refractivity contribution in [3.63, 3.8) is 0 Å². The smallest absolute Gasteiger partial charge is 0.311 e. The van der Waals surface area contributed by atoms with Crippen molar-refractivity contribution in [2.45, 2.75) is 12.3 Å². The van der Waals surface area contributed by atoms with E-state index in [9.17, 15) is 23.9 Å². The molecule has 6 nitrogen and oxygen atoms in total. The minimum absolute atomic E-state index is 0.0334. The van der Waals surface area contributed by atoms with Crippen LogP contribution in [0.1, 0.15) is 28.3 Å². The third-order valence-electron chi connectivity index (χ3n) is 3.41. The third-order valence-corrected chi connectivity index (χ3v) is 3.41. The van der Waals surface area contributed by atoms with Crippen molar-refractivity contribution in [2.75, 3.05) is 5.32 Å². The summed E-state index contributed by atoms with van der Waals surface area (Å²) >= 11 is 0. The van der Waals surface area contributed by atoms with Gasteiger partial charge >= 0.3 is 5.97 Å². The maximum atomic E-state index is 13.2. The Labute approximate surface area is 137 Å². The fraction of sp³-hybridized carbons (Fsp3) is 0.118. The van der Waals surface area contributed by atoms with Gasteiger partial charge in [-0.1, -0.05) is 30.3 Å². The van der Waals surface area contributed by atoms with Gasteiger partial charge in [0.15, 0.2) is 0 Å². The van der Waals surface area contributed by atoms with Crippen LogP contribution in [0.25, 0.3) is 0 Å². The van der Waals surface area contributed by atoms with E-state index >= 15 is 0 Å². The first-order valence-electron chi connectivity index (χ1n) is 7.05. The van der Waals surface area contributed by atoms with Crippen molar-refractivity contribution < 1.29 is 23.9 Å². The molecule has 24 heavy (non-hydrogen) atoms. The van der Waals surface area contributed by atoms with Crippen molar-refractivity contribution in [1.29, 1.82) is 0 Å². The van der Waals surface area contributed by atoms with Gasteiger partial charge in [0.2, 0.25) is 5.91 Å². The highest BCUT2D eigenvalue weighted by Gasteiger charge is 2.24. The lowest BCUT2D eigenvalue weighted by Gasteiger charge is -2.14. The Hall–Kier alpha value is -3.22. The quantitative estimate of drug-likeness (QED) is 0.753. The van der Waals surface area contributed by atoms with Gasteiger partial charge in [0.1, 0.15) is 5.82 Å². The van der Waals surface area contributed by atoms with Crippen LogP contribution in [0.4, 0.5) is 10.1 Å². The average molecular weight is 330 g/mol. The molecular formula is C17H15FN2O4. The molecule has 2 aromatic carbocycles. The first kappa shape index (κ1) is 17.1. The topological polar surface area (TPSA) is 109 Å². The molecule has 0 aliphatic heterocycles. The van der Waals surface area contributed by atoms with Gasteiger partial charge in [-0.3, -0.25) is 14.4 Å². The van der Waals surface area contributed by atoms with Crippen molar-refractivity contribution in [2.24, 2.45) is 5.73 Å². The molecule has 4 N–H and O–H groups in total. The number of carbonyl (C=O) groups excluding carboxylic acids is 2. The minimum atomic E-state index is -1.15. The fourth-order valence-electron chi connectivity index (χ4n) is 2.25. The molecule has 0 spiro atoms. The Balaban J connectivity index is 2.18. The van der Waals surface area contributed by atoms with Crippen LogP contribution in [-0.2, 0) is 9.59 Å². The Kier molecular flexibility index (Phi) is 5.26. The monoisotopic (exact) mass is 330 g/mol. The Morgan fingerprint density at radius 1 is 1.12 bits per heavy atom. The number of carboxylic acid groups (broad SMARTS) is 1. The van der Waals surface area contributed by atoms with Crippen LogP contribution in [0.2, 0.25) is 0 Å². The number of carbonyl (C=O) groups is 3. The molecule has 0 heterocycles. The number of benzene rings is 2. The summed E-state index contributed by atoms with van der Waals surface area (Å²) in [6, 6.07) is 11.5. The van der Waals surface area contributed by atoms with Crippen molar-refractivity contribution in [3.05, 3.63) is 65.5 Å². The molecule has 0 aliphatic carbocycles. The number of primary amides is 1. The highest BCUT2D eigenvalue weighted by Crippen LogP contribution is 2.22. The second kappa shape index (κ2) is 7.36. The van der Waals surface area contributed by atoms with E-state index in [2.05, 4.69) is 5.32 Å². The van der Waals surface area contributed by atoms with E-state index in [4.69, 9.17) is 5.73 Å². The lowest BCUT2D eigenvalue weighted by Crippen LogP contribution is -2.23. The third kappa shape index (κ3) is 4.16. The molecule has 2 rings (SSSR count). The van der Waals surface area contributed by atoms with E-state index < -0.39 is 29.5 Å². The number of anilines is 1. The van der Waals surface area contributed by atoms with Gasteiger partial charge in [-0.25, -0.2) is 4.39 Å². The first-order chi connectivity index (χ1) is 11.4. The van der Waals surface area contributed by atoms with Crippen molar-refractivity contribution in [1.82, 2.24) is 0 Å². The highest BCUT2D eigenvalue weighted by molar-refractivity contribution is 6.03. The zero-order valence-corrected chi connectivity index (χ0v) is 12.5. The van der Waals surface area contributed by atoms with Gasteiger partial charge in [0.25, 0.3) is 5.91 Å². The second-order valence-corrected chi connectivity index (χ2v) is 5.11. The van der Waals surface area contributed by atoms with Gasteiger partial charge in [-0.2, -0.15) is 0 Å². The number of halogens is 1. The van der Waals surface area contributed by atoms with Gasteiger partial charge in [-0.05, 0) is 23.8 Å². The molecule has 0 fully saturated rings. The van der Waals surface area contributed by atoms with Gasteiger partial charge in [0, 0.05) is 6.42 Å². The van der Waals surface area contributed by atoms with Crippen LogP contribution in [0, 0.1) is 5.82 Å². The van der Waals surface area contributed by atoms with Gasteiger partial charge in [-0.15, -0.1) is 0 Å². The number of hydrogen-bond acceptors (Lipinski definition) is 3. The van der Waals surface area contributed by atoms with E-state index in [1.54, 1.807) is 30.3 Å². The molecule has 2 aromatic rings. The van der Waals surface area contributed by atoms with Gasteiger partial charge < -0.3 is 16.2 Å². The molecule has 0 bridgehead atoms. The summed E-state index contributed by atoms with van der Waals surface area (Å²) in [5.41, 5.74) is 5.48. The normalized spacial score (nSPS) is 11.5. The summed E-state index contributed by atoms with van der Waals surface area (Å²) in [5, 5.41) is 11.7. The average Bonchev–Trinajstić information content (AvgIpc) is 2.54. The molecule has 0 saturated carbocycles. The number of aliphatic carboxylic acids is 1. The first-order valence-corrected chi connectivity index (χ1v) is 7.05. The van der Waals surface area contributed by atoms with Crippen LogP contribution < -0.4 is 11.1 Å². The molecule has 124 valence electrons. The number of rotatable bonds is 6.